The monoisotopic (exact) mass is 305 g/mol. The van der Waals surface area contributed by atoms with Crippen molar-refractivity contribution in [3.8, 4) is 5.69 Å². The van der Waals surface area contributed by atoms with Gasteiger partial charge in [0.1, 0.15) is 5.82 Å². The molecule has 0 unspecified atom stereocenters. The van der Waals surface area contributed by atoms with E-state index in [1.165, 1.54) is 12.1 Å². The van der Waals surface area contributed by atoms with Crippen molar-refractivity contribution in [2.45, 2.75) is 19.4 Å². The first-order chi connectivity index (χ1) is 10.2. The SMILES string of the molecule is O=C(CCS)N1CCc2c(ncn2-c2ccc(F)cc2)C1. The van der Waals surface area contributed by atoms with E-state index in [9.17, 15) is 9.18 Å². The number of hydrogen-bond acceptors (Lipinski definition) is 3. The van der Waals surface area contributed by atoms with Gasteiger partial charge in [-0.3, -0.25) is 4.79 Å². The molecule has 110 valence electrons. The van der Waals surface area contributed by atoms with Crippen LogP contribution in [-0.2, 0) is 17.8 Å². The molecule has 1 aromatic carbocycles. The van der Waals surface area contributed by atoms with E-state index >= 15 is 0 Å². The molecule has 0 fully saturated rings. The highest BCUT2D eigenvalue weighted by Gasteiger charge is 2.24. The highest BCUT2D eigenvalue weighted by atomic mass is 32.1. The van der Waals surface area contributed by atoms with Gasteiger partial charge in [0.25, 0.3) is 0 Å². The molecule has 21 heavy (non-hydrogen) atoms. The summed E-state index contributed by atoms with van der Waals surface area (Å²) < 4.78 is 15.0. The average molecular weight is 305 g/mol. The molecule has 1 aliphatic heterocycles. The lowest BCUT2D eigenvalue weighted by atomic mass is 10.1. The fourth-order valence-electron chi connectivity index (χ4n) is 2.60. The zero-order valence-electron chi connectivity index (χ0n) is 11.5. The third-order valence-electron chi connectivity index (χ3n) is 3.70. The summed E-state index contributed by atoms with van der Waals surface area (Å²) >= 11 is 4.10. The van der Waals surface area contributed by atoms with Crippen LogP contribution < -0.4 is 0 Å². The standard InChI is InChI=1S/C15H16FN3OS/c16-11-1-3-12(4-2-11)19-10-17-13-9-18(7-5-14(13)19)15(20)6-8-21/h1-4,10,21H,5-9H2. The predicted molar refractivity (Wildman–Crippen MR) is 81.1 cm³/mol. The Bertz CT molecular complexity index is 653. The molecular weight excluding hydrogens is 289 g/mol. The van der Waals surface area contributed by atoms with E-state index in [1.54, 1.807) is 18.5 Å². The molecule has 0 saturated carbocycles. The first kappa shape index (κ1) is 14.1. The molecule has 1 aromatic heterocycles. The van der Waals surface area contributed by atoms with Crippen molar-refractivity contribution in [1.29, 1.82) is 0 Å². The molecule has 0 radical (unpaired) electrons. The van der Waals surface area contributed by atoms with Gasteiger partial charge >= 0.3 is 0 Å². The lowest BCUT2D eigenvalue weighted by Crippen LogP contribution is -2.36. The van der Waals surface area contributed by atoms with Gasteiger partial charge in [0.15, 0.2) is 0 Å². The minimum Gasteiger partial charge on any atom is -0.336 e. The zero-order valence-corrected chi connectivity index (χ0v) is 12.4. The number of benzene rings is 1. The second-order valence-corrected chi connectivity index (χ2v) is 5.47. The predicted octanol–water partition coefficient (Wildman–Crippen LogP) is 2.22. The summed E-state index contributed by atoms with van der Waals surface area (Å²) in [6.45, 7) is 1.22. The van der Waals surface area contributed by atoms with E-state index in [-0.39, 0.29) is 11.7 Å². The Hall–Kier alpha value is -1.82. The van der Waals surface area contributed by atoms with Crippen LogP contribution in [0.15, 0.2) is 30.6 Å². The van der Waals surface area contributed by atoms with Gasteiger partial charge in [-0.05, 0) is 30.0 Å². The first-order valence-corrected chi connectivity index (χ1v) is 7.52. The summed E-state index contributed by atoms with van der Waals surface area (Å²) in [4.78, 5) is 18.1. The molecule has 2 aromatic rings. The van der Waals surface area contributed by atoms with Crippen LogP contribution in [0.25, 0.3) is 5.69 Å². The van der Waals surface area contributed by atoms with Crippen LogP contribution in [0.5, 0.6) is 0 Å². The van der Waals surface area contributed by atoms with Gasteiger partial charge in [-0.1, -0.05) is 0 Å². The van der Waals surface area contributed by atoms with Crippen molar-refractivity contribution in [1.82, 2.24) is 14.5 Å². The van der Waals surface area contributed by atoms with Crippen LogP contribution in [-0.4, -0.2) is 32.7 Å². The maximum absolute atomic E-state index is 13.0. The fourth-order valence-corrected chi connectivity index (χ4v) is 2.79. The summed E-state index contributed by atoms with van der Waals surface area (Å²) in [5.41, 5.74) is 2.90. The maximum Gasteiger partial charge on any atom is 0.223 e. The number of halogens is 1. The number of imidazole rings is 1. The van der Waals surface area contributed by atoms with Crippen LogP contribution in [0.2, 0.25) is 0 Å². The molecular formula is C15H16FN3OS. The topological polar surface area (TPSA) is 38.1 Å². The minimum absolute atomic E-state index is 0.118. The van der Waals surface area contributed by atoms with E-state index < -0.39 is 0 Å². The molecule has 1 amide bonds. The van der Waals surface area contributed by atoms with Gasteiger partial charge in [-0.2, -0.15) is 12.6 Å². The summed E-state index contributed by atoms with van der Waals surface area (Å²) in [6, 6.07) is 6.34. The number of amides is 1. The van der Waals surface area contributed by atoms with Gasteiger partial charge < -0.3 is 9.47 Å². The lowest BCUT2D eigenvalue weighted by Gasteiger charge is -2.27. The van der Waals surface area contributed by atoms with Gasteiger partial charge in [-0.25, -0.2) is 9.37 Å². The Labute approximate surface area is 128 Å². The van der Waals surface area contributed by atoms with Crippen LogP contribution in [0.4, 0.5) is 4.39 Å². The second kappa shape index (κ2) is 5.89. The van der Waals surface area contributed by atoms with Crippen LogP contribution >= 0.6 is 12.6 Å². The van der Waals surface area contributed by atoms with Gasteiger partial charge in [0, 0.05) is 30.8 Å². The van der Waals surface area contributed by atoms with Crippen LogP contribution in [0.1, 0.15) is 17.8 Å². The van der Waals surface area contributed by atoms with E-state index in [0.29, 0.717) is 25.3 Å². The average Bonchev–Trinajstić information content (AvgIpc) is 2.91. The van der Waals surface area contributed by atoms with Crippen molar-refractivity contribution in [3.63, 3.8) is 0 Å². The number of carbonyl (C=O) groups excluding carboxylic acids is 1. The Morgan fingerprint density at radius 3 is 2.81 bits per heavy atom. The Morgan fingerprint density at radius 1 is 1.33 bits per heavy atom. The normalized spacial score (nSPS) is 14.1. The zero-order chi connectivity index (χ0) is 14.8. The van der Waals surface area contributed by atoms with E-state index in [4.69, 9.17) is 0 Å². The molecule has 4 nitrogen and oxygen atoms in total. The van der Waals surface area contributed by atoms with E-state index in [1.807, 2.05) is 9.47 Å². The summed E-state index contributed by atoms with van der Waals surface area (Å²) in [6.07, 6.45) is 2.95. The molecule has 0 N–H and O–H groups in total. The maximum atomic E-state index is 13.0. The molecule has 6 heteroatoms. The third-order valence-corrected chi connectivity index (χ3v) is 3.92. The van der Waals surface area contributed by atoms with Crippen molar-refractivity contribution in [3.05, 3.63) is 47.8 Å². The number of carbonyl (C=O) groups is 1. The summed E-state index contributed by atoms with van der Waals surface area (Å²) in [7, 11) is 0. The van der Waals surface area contributed by atoms with Crippen molar-refractivity contribution in [2.24, 2.45) is 0 Å². The number of fused-ring (bicyclic) bond motifs is 1. The van der Waals surface area contributed by atoms with Crippen LogP contribution in [0, 0.1) is 5.82 Å². The smallest absolute Gasteiger partial charge is 0.223 e. The number of hydrogen-bond donors (Lipinski definition) is 1. The Morgan fingerprint density at radius 2 is 2.10 bits per heavy atom. The third kappa shape index (κ3) is 2.81. The molecule has 0 aliphatic carbocycles. The van der Waals surface area contributed by atoms with E-state index in [0.717, 1.165) is 23.5 Å². The number of rotatable bonds is 3. The van der Waals surface area contributed by atoms with Gasteiger partial charge in [0.05, 0.1) is 18.6 Å². The highest BCUT2D eigenvalue weighted by Crippen LogP contribution is 2.22. The minimum atomic E-state index is -0.253. The highest BCUT2D eigenvalue weighted by molar-refractivity contribution is 7.80. The van der Waals surface area contributed by atoms with Crippen LogP contribution in [0.3, 0.4) is 0 Å². The van der Waals surface area contributed by atoms with Gasteiger partial charge in [-0.15, -0.1) is 0 Å². The van der Waals surface area contributed by atoms with Crippen molar-refractivity contribution in [2.75, 3.05) is 12.3 Å². The Kier molecular flexibility index (Phi) is 3.96. The molecule has 0 spiro atoms. The number of aromatic nitrogens is 2. The first-order valence-electron chi connectivity index (χ1n) is 6.88. The lowest BCUT2D eigenvalue weighted by molar-refractivity contribution is -0.131. The molecule has 3 rings (SSSR count). The second-order valence-electron chi connectivity index (χ2n) is 5.02. The summed E-state index contributed by atoms with van der Waals surface area (Å²) in [5.74, 6) is 0.426. The largest absolute Gasteiger partial charge is 0.336 e. The number of nitrogens with zero attached hydrogens (tertiary/aromatic N) is 3. The molecule has 0 atom stereocenters. The van der Waals surface area contributed by atoms with Crippen molar-refractivity contribution < 1.29 is 9.18 Å². The fraction of sp³-hybridized carbons (Fsp3) is 0.333. The quantitative estimate of drug-likeness (QED) is 0.883. The van der Waals surface area contributed by atoms with Crippen molar-refractivity contribution >= 4 is 18.5 Å². The molecule has 0 bridgehead atoms. The molecule has 1 aliphatic rings. The Balaban J connectivity index is 1.84. The van der Waals surface area contributed by atoms with E-state index in [2.05, 4.69) is 17.6 Å². The summed E-state index contributed by atoms with van der Waals surface area (Å²) in [5, 5.41) is 0. The molecule has 2 heterocycles. The number of thiol groups is 1. The van der Waals surface area contributed by atoms with Gasteiger partial charge in [0.2, 0.25) is 5.91 Å². The molecule has 0 saturated heterocycles.